The Hall–Kier alpha value is -1.05. The monoisotopic (exact) mass is 443 g/mol. The van der Waals surface area contributed by atoms with E-state index in [4.69, 9.17) is 28.2 Å². The molecule has 0 aromatic heterocycles. The van der Waals surface area contributed by atoms with Crippen molar-refractivity contribution in [2.75, 3.05) is 58.9 Å². The number of guanidine groups is 1. The number of piperazine rings is 1. The maximum absolute atomic E-state index is 10.4. The maximum Gasteiger partial charge on any atom is 0.191 e. The smallest absolute Gasteiger partial charge is 0.191 e. The number of rotatable bonds is 9. The van der Waals surface area contributed by atoms with Crippen LogP contribution in [0.1, 0.15) is 32.4 Å². The first-order valence-electron chi connectivity index (χ1n) is 10.5. The minimum absolute atomic E-state index is 0.329. The Bertz CT molecular complexity index is 630. The van der Waals surface area contributed by atoms with Gasteiger partial charge in [0.2, 0.25) is 0 Å². The van der Waals surface area contributed by atoms with Crippen LogP contribution in [-0.4, -0.2) is 79.8 Å². The number of nitrogens with one attached hydrogen (secondary N) is 2. The number of hydrogen-bond donors (Lipinski definition) is 3. The van der Waals surface area contributed by atoms with E-state index < -0.39 is 6.10 Å². The van der Waals surface area contributed by atoms with Crippen molar-refractivity contribution in [2.24, 2.45) is 10.9 Å². The third-order valence-electron chi connectivity index (χ3n) is 5.12. The molecule has 1 saturated heterocycles. The van der Waals surface area contributed by atoms with Crippen LogP contribution in [0.15, 0.2) is 23.2 Å². The summed E-state index contributed by atoms with van der Waals surface area (Å²) in [5.41, 5.74) is 0.686. The van der Waals surface area contributed by atoms with E-state index in [1.807, 2.05) is 6.92 Å². The largest absolute Gasteiger partial charge is 0.387 e. The topological polar surface area (TPSA) is 63.1 Å². The van der Waals surface area contributed by atoms with Crippen molar-refractivity contribution in [3.05, 3.63) is 33.8 Å². The zero-order chi connectivity index (χ0) is 21.2. The maximum atomic E-state index is 10.4. The van der Waals surface area contributed by atoms with E-state index in [9.17, 15) is 5.11 Å². The molecule has 29 heavy (non-hydrogen) atoms. The fourth-order valence-electron chi connectivity index (χ4n) is 3.45. The van der Waals surface area contributed by atoms with Crippen molar-refractivity contribution in [1.82, 2.24) is 20.4 Å². The first-order chi connectivity index (χ1) is 13.9. The van der Waals surface area contributed by atoms with Gasteiger partial charge in [-0.1, -0.05) is 37.0 Å². The third-order valence-corrected chi connectivity index (χ3v) is 5.56. The summed E-state index contributed by atoms with van der Waals surface area (Å²) in [6.07, 6.45) is -0.720. The highest BCUT2D eigenvalue weighted by molar-refractivity contribution is 6.34. The van der Waals surface area contributed by atoms with Crippen LogP contribution in [0, 0.1) is 5.92 Å². The van der Waals surface area contributed by atoms with Crippen LogP contribution in [0.5, 0.6) is 0 Å². The van der Waals surface area contributed by atoms with E-state index in [0.717, 1.165) is 52.4 Å². The Kier molecular flexibility index (Phi) is 10.5. The lowest BCUT2D eigenvalue weighted by atomic mass is 10.1. The molecule has 1 aromatic carbocycles. The Morgan fingerprint density at radius 2 is 1.69 bits per heavy atom. The number of benzene rings is 1. The van der Waals surface area contributed by atoms with Gasteiger partial charge in [0, 0.05) is 62.4 Å². The van der Waals surface area contributed by atoms with Gasteiger partial charge in [0.25, 0.3) is 0 Å². The Morgan fingerprint density at radius 3 is 2.28 bits per heavy atom. The predicted molar refractivity (Wildman–Crippen MR) is 123 cm³/mol. The highest BCUT2D eigenvalue weighted by Crippen LogP contribution is 2.23. The van der Waals surface area contributed by atoms with Gasteiger partial charge in [0.1, 0.15) is 0 Å². The van der Waals surface area contributed by atoms with E-state index in [2.05, 4.69) is 34.3 Å². The number of nitrogens with zero attached hydrogens (tertiary/aromatic N) is 3. The van der Waals surface area contributed by atoms with Gasteiger partial charge in [-0.25, -0.2) is 0 Å². The summed E-state index contributed by atoms with van der Waals surface area (Å²) < 4.78 is 0. The fraction of sp³-hybridized carbons (Fsp3) is 0.667. The van der Waals surface area contributed by atoms with E-state index in [0.29, 0.717) is 34.0 Å². The molecule has 0 bridgehead atoms. The van der Waals surface area contributed by atoms with E-state index in [-0.39, 0.29) is 0 Å². The zero-order valence-electron chi connectivity index (χ0n) is 17.8. The lowest BCUT2D eigenvalue weighted by Gasteiger charge is -2.35. The summed E-state index contributed by atoms with van der Waals surface area (Å²) in [5.74, 6) is 1.18. The minimum atomic E-state index is -0.720. The van der Waals surface area contributed by atoms with Gasteiger partial charge in [-0.15, -0.1) is 0 Å². The SMILES string of the molecule is CCNC(=NCC(C)CN1CCN(CC)CC1)NCC(O)c1cc(Cl)cc(Cl)c1. The molecular formula is C21H35Cl2N5O. The normalized spacial score (nSPS) is 18.5. The van der Waals surface area contributed by atoms with Crippen LogP contribution < -0.4 is 10.6 Å². The van der Waals surface area contributed by atoms with Gasteiger partial charge in [-0.2, -0.15) is 0 Å². The second-order valence-corrected chi connectivity index (χ2v) is 8.53. The number of hydrogen-bond acceptors (Lipinski definition) is 4. The van der Waals surface area contributed by atoms with Crippen molar-refractivity contribution in [3.63, 3.8) is 0 Å². The molecule has 1 heterocycles. The summed E-state index contributed by atoms with van der Waals surface area (Å²) in [7, 11) is 0. The zero-order valence-corrected chi connectivity index (χ0v) is 19.3. The molecule has 0 amide bonds. The molecular weight excluding hydrogens is 409 g/mol. The van der Waals surface area contributed by atoms with Crippen molar-refractivity contribution in [2.45, 2.75) is 26.9 Å². The molecule has 2 atom stereocenters. The molecule has 0 aliphatic carbocycles. The summed E-state index contributed by atoms with van der Waals surface area (Å²) in [6, 6.07) is 5.11. The lowest BCUT2D eigenvalue weighted by Crippen LogP contribution is -2.47. The highest BCUT2D eigenvalue weighted by atomic mass is 35.5. The third kappa shape index (κ3) is 8.69. The van der Waals surface area contributed by atoms with Crippen molar-refractivity contribution in [1.29, 1.82) is 0 Å². The molecule has 0 spiro atoms. The first kappa shape index (κ1) is 24.2. The Labute approximate surface area is 185 Å². The molecule has 1 aliphatic heterocycles. The Balaban J connectivity index is 1.82. The van der Waals surface area contributed by atoms with Gasteiger partial charge < -0.3 is 25.5 Å². The predicted octanol–water partition coefficient (Wildman–Crippen LogP) is 2.86. The molecule has 2 rings (SSSR count). The second-order valence-electron chi connectivity index (χ2n) is 7.66. The summed E-state index contributed by atoms with van der Waals surface area (Å²) in [5, 5.41) is 17.9. The molecule has 1 aromatic rings. The fourth-order valence-corrected chi connectivity index (χ4v) is 4.00. The van der Waals surface area contributed by atoms with Gasteiger partial charge in [0.05, 0.1) is 6.10 Å². The molecule has 0 saturated carbocycles. The van der Waals surface area contributed by atoms with Gasteiger partial charge in [-0.3, -0.25) is 4.99 Å². The number of likely N-dealkylation sites (N-methyl/N-ethyl adjacent to an activating group) is 1. The summed E-state index contributed by atoms with van der Waals surface area (Å²) in [6.45, 7) is 15.1. The standard InChI is InChI=1S/C21H35Cl2N5O/c1-4-24-21(26-14-20(29)17-10-18(22)12-19(23)11-17)25-13-16(3)15-28-8-6-27(5-2)7-9-28/h10-12,16,20,29H,4-9,13-15H2,1-3H3,(H2,24,25,26). The van der Waals surface area contributed by atoms with Gasteiger partial charge >= 0.3 is 0 Å². The summed E-state index contributed by atoms with van der Waals surface area (Å²) >= 11 is 12.1. The van der Waals surface area contributed by atoms with Crippen molar-refractivity contribution < 1.29 is 5.11 Å². The number of aliphatic imine (C=N–C) groups is 1. The van der Waals surface area contributed by atoms with Crippen LogP contribution in [0.4, 0.5) is 0 Å². The van der Waals surface area contributed by atoms with Crippen molar-refractivity contribution >= 4 is 29.2 Å². The molecule has 1 aliphatic rings. The van der Waals surface area contributed by atoms with Crippen LogP contribution in [0.3, 0.4) is 0 Å². The molecule has 2 unspecified atom stereocenters. The first-order valence-corrected chi connectivity index (χ1v) is 11.3. The van der Waals surface area contributed by atoms with Crippen LogP contribution in [-0.2, 0) is 0 Å². The Morgan fingerprint density at radius 1 is 1.07 bits per heavy atom. The van der Waals surface area contributed by atoms with E-state index in [1.165, 1.54) is 0 Å². The molecule has 8 heteroatoms. The lowest BCUT2D eigenvalue weighted by molar-refractivity contribution is 0.125. The average Bonchev–Trinajstić information content (AvgIpc) is 2.69. The summed E-state index contributed by atoms with van der Waals surface area (Å²) in [4.78, 5) is 9.72. The quantitative estimate of drug-likeness (QED) is 0.404. The van der Waals surface area contributed by atoms with Gasteiger partial charge in [0.15, 0.2) is 5.96 Å². The van der Waals surface area contributed by atoms with Crippen molar-refractivity contribution in [3.8, 4) is 0 Å². The number of halogens is 2. The molecule has 1 fully saturated rings. The molecule has 164 valence electrons. The van der Waals surface area contributed by atoms with Gasteiger partial charge in [-0.05, 0) is 43.1 Å². The number of aliphatic hydroxyl groups is 1. The molecule has 3 N–H and O–H groups in total. The van der Waals surface area contributed by atoms with Crippen LogP contribution in [0.2, 0.25) is 10.0 Å². The minimum Gasteiger partial charge on any atom is -0.387 e. The van der Waals surface area contributed by atoms with E-state index >= 15 is 0 Å². The number of aliphatic hydroxyl groups excluding tert-OH is 1. The second kappa shape index (κ2) is 12.6. The van der Waals surface area contributed by atoms with Crippen LogP contribution >= 0.6 is 23.2 Å². The van der Waals surface area contributed by atoms with Crippen LogP contribution in [0.25, 0.3) is 0 Å². The molecule has 0 radical (unpaired) electrons. The van der Waals surface area contributed by atoms with E-state index in [1.54, 1.807) is 18.2 Å². The molecule has 6 nitrogen and oxygen atoms in total. The average molecular weight is 444 g/mol. The highest BCUT2D eigenvalue weighted by Gasteiger charge is 2.17.